The number of nitrogens with one attached hydrogen (secondary N) is 3. The van der Waals surface area contributed by atoms with Crippen LogP contribution in [0.5, 0.6) is 0 Å². The molecule has 0 saturated carbocycles. The number of amides is 5. The fourth-order valence-electron chi connectivity index (χ4n) is 2.66. The van der Waals surface area contributed by atoms with Crippen LogP contribution >= 0.6 is 0 Å². The summed E-state index contributed by atoms with van der Waals surface area (Å²) in [4.78, 5) is 68.3. The first-order chi connectivity index (χ1) is 15.1. The molecule has 5 amide bonds. The first-order valence-electron chi connectivity index (χ1n) is 10.8. The molecule has 0 fully saturated rings. The second-order valence-electron chi connectivity index (χ2n) is 7.71. The van der Waals surface area contributed by atoms with Crippen molar-refractivity contribution < 1.29 is 54.6 Å². The number of hydrogen-bond donors (Lipinski definition) is 3. The number of unbranched alkanes of at least 4 members (excludes halogenated alkanes) is 2. The van der Waals surface area contributed by atoms with Crippen LogP contribution in [0.4, 0.5) is 0 Å². The Morgan fingerprint density at radius 2 is 1.67 bits per heavy atom. The number of carbonyl (C=O) groups is 5. The van der Waals surface area contributed by atoms with Crippen molar-refractivity contribution in [1.82, 2.24) is 20.9 Å². The molecule has 0 aliphatic carbocycles. The summed E-state index contributed by atoms with van der Waals surface area (Å²) in [5.41, 5.74) is 0. The number of carbonyl (C=O) groups excluding carboxylic acids is 6. The van der Waals surface area contributed by atoms with E-state index in [0.717, 1.165) is 13.0 Å². The van der Waals surface area contributed by atoms with Gasteiger partial charge in [-0.1, -0.05) is 27.2 Å². The summed E-state index contributed by atoms with van der Waals surface area (Å²) in [6, 6.07) is -0.687. The number of ketones is 1. The molecule has 33 heavy (non-hydrogen) atoms. The molecule has 0 aromatic rings. The zero-order chi connectivity index (χ0) is 24.5. The van der Waals surface area contributed by atoms with Gasteiger partial charge in [-0.15, -0.1) is 0 Å². The summed E-state index contributed by atoms with van der Waals surface area (Å²) >= 11 is 0. The number of hydrogen-bond acceptors (Lipinski definition) is 6. The zero-order valence-electron chi connectivity index (χ0n) is 19.9. The number of Topliss-reactive ketones (excluding diaryl/α,β-unsaturated/α-hetero) is 1. The van der Waals surface area contributed by atoms with Crippen molar-refractivity contribution in [3.05, 3.63) is 12.2 Å². The standard InChI is InChI=1S/C18H27N3O5.C4H8NO.Hf/c1-12(2)17(18(26)19-11-13(3)22)20-14(23)7-5-4-6-10-21-15(24)8-9-16(21)25;1-2-3-5-4-6;/h8-9,12,17H,4-7,10-11H2,1-3H3,(H,19,26)(H,20,23);2-3H2,1H3,(H,5,6);/q;-1;. The maximum atomic E-state index is 12.1. The predicted octanol–water partition coefficient (Wildman–Crippen LogP) is 0.369. The molecule has 0 radical (unpaired) electrons. The summed E-state index contributed by atoms with van der Waals surface area (Å²) in [5.74, 6) is -1.48. The van der Waals surface area contributed by atoms with Crippen molar-refractivity contribution in [1.29, 1.82) is 0 Å². The molecule has 0 bridgehead atoms. The van der Waals surface area contributed by atoms with Gasteiger partial charge in [0.1, 0.15) is 11.8 Å². The van der Waals surface area contributed by atoms with E-state index in [9.17, 15) is 28.8 Å². The summed E-state index contributed by atoms with van der Waals surface area (Å²) in [7, 11) is 0. The molecule has 1 aliphatic rings. The predicted molar refractivity (Wildman–Crippen MR) is 119 cm³/mol. The molecule has 11 heteroatoms. The third-order valence-corrected chi connectivity index (χ3v) is 4.41. The van der Waals surface area contributed by atoms with E-state index < -0.39 is 6.04 Å². The molecule has 0 spiro atoms. The van der Waals surface area contributed by atoms with Gasteiger partial charge in [-0.3, -0.25) is 28.9 Å². The molecule has 3 N–H and O–H groups in total. The van der Waals surface area contributed by atoms with Crippen LogP contribution in [-0.2, 0) is 54.6 Å². The van der Waals surface area contributed by atoms with E-state index in [1.54, 1.807) is 6.41 Å². The monoisotopic (exact) mass is 631 g/mol. The van der Waals surface area contributed by atoms with Crippen molar-refractivity contribution in [2.45, 2.75) is 65.8 Å². The zero-order valence-corrected chi connectivity index (χ0v) is 23.5. The molecule has 0 aromatic heterocycles. The first-order valence-corrected chi connectivity index (χ1v) is 10.8. The molecule has 10 nitrogen and oxygen atoms in total. The molecular weight excluding hydrogens is 595 g/mol. The maximum Gasteiger partial charge on any atom is 0.253 e. The van der Waals surface area contributed by atoms with Crippen molar-refractivity contribution >= 4 is 35.8 Å². The molecule has 1 heterocycles. The van der Waals surface area contributed by atoms with Crippen LogP contribution in [0, 0.1) is 5.92 Å². The van der Waals surface area contributed by atoms with E-state index in [4.69, 9.17) is 0 Å². The van der Waals surface area contributed by atoms with Crippen LogP contribution in [0.1, 0.15) is 59.8 Å². The average Bonchev–Trinajstić information content (AvgIpc) is 3.06. The summed E-state index contributed by atoms with van der Waals surface area (Å²) in [6.45, 7) is 8.03. The fourth-order valence-corrected chi connectivity index (χ4v) is 2.66. The van der Waals surface area contributed by atoms with Gasteiger partial charge in [-0.25, -0.2) is 0 Å². The SMILES string of the molecule is CC(=O)CNC(=O)C(NC(=O)CCCCCN1C(=O)C=CC1=O)C(C)C.CCCN[C-]=O.[Hf]. The minimum absolute atomic E-state index is 0. The van der Waals surface area contributed by atoms with Gasteiger partial charge in [0.2, 0.25) is 11.8 Å². The number of imide groups is 1. The van der Waals surface area contributed by atoms with E-state index in [0.29, 0.717) is 25.8 Å². The average molecular weight is 630 g/mol. The van der Waals surface area contributed by atoms with Gasteiger partial charge >= 0.3 is 0 Å². The molecule has 1 atom stereocenters. The van der Waals surface area contributed by atoms with Gasteiger partial charge in [0.05, 0.1) is 6.54 Å². The van der Waals surface area contributed by atoms with Crippen LogP contribution in [0.2, 0.25) is 0 Å². The van der Waals surface area contributed by atoms with Crippen molar-refractivity contribution in [2.24, 2.45) is 5.92 Å². The van der Waals surface area contributed by atoms with Gasteiger partial charge in [-0.05, 0) is 38.6 Å². The van der Waals surface area contributed by atoms with E-state index in [1.165, 1.54) is 24.0 Å². The smallest absolute Gasteiger partial charge is 0.253 e. The minimum Gasteiger partial charge on any atom is -0.530 e. The van der Waals surface area contributed by atoms with Crippen LogP contribution in [0.3, 0.4) is 0 Å². The van der Waals surface area contributed by atoms with Gasteiger partial charge in [0, 0.05) is 51.0 Å². The van der Waals surface area contributed by atoms with E-state index in [2.05, 4.69) is 16.0 Å². The van der Waals surface area contributed by atoms with Crippen LogP contribution < -0.4 is 16.0 Å². The second kappa shape index (κ2) is 19.3. The topological polar surface area (TPSA) is 142 Å². The van der Waals surface area contributed by atoms with E-state index in [-0.39, 0.29) is 74.1 Å². The second-order valence-corrected chi connectivity index (χ2v) is 7.71. The fraction of sp³-hybridized carbons (Fsp3) is 0.636. The van der Waals surface area contributed by atoms with Gasteiger partial charge in [0.15, 0.2) is 0 Å². The van der Waals surface area contributed by atoms with E-state index >= 15 is 0 Å². The molecule has 1 unspecified atom stereocenters. The first kappa shape index (κ1) is 33.0. The molecule has 0 saturated heterocycles. The Hall–Kier alpha value is -2.17. The Labute approximate surface area is 214 Å². The Morgan fingerprint density at radius 1 is 1.06 bits per heavy atom. The number of rotatable bonds is 14. The minimum atomic E-state index is -0.687. The largest absolute Gasteiger partial charge is 0.530 e. The molecule has 184 valence electrons. The van der Waals surface area contributed by atoms with Gasteiger partial charge in [0.25, 0.3) is 11.8 Å². The maximum absolute atomic E-state index is 12.1. The molecular formula is C22H35HfN4O6-. The normalized spacial score (nSPS) is 12.9. The van der Waals surface area contributed by atoms with Crippen molar-refractivity contribution in [3.63, 3.8) is 0 Å². The molecule has 0 aromatic carbocycles. The summed E-state index contributed by atoms with van der Waals surface area (Å²) < 4.78 is 0. The van der Waals surface area contributed by atoms with Crippen molar-refractivity contribution in [2.75, 3.05) is 19.6 Å². The van der Waals surface area contributed by atoms with Crippen molar-refractivity contribution in [3.8, 4) is 0 Å². The summed E-state index contributed by atoms with van der Waals surface area (Å²) in [6.07, 6.45) is 7.21. The molecule has 1 aliphatic heterocycles. The number of nitrogens with zero attached hydrogens (tertiary/aromatic N) is 1. The Morgan fingerprint density at radius 3 is 2.12 bits per heavy atom. The Balaban J connectivity index is 0. The van der Waals surface area contributed by atoms with Gasteiger partial charge in [-0.2, -0.15) is 6.41 Å². The summed E-state index contributed by atoms with van der Waals surface area (Å²) in [5, 5.41) is 7.59. The van der Waals surface area contributed by atoms with Crippen LogP contribution in [0.25, 0.3) is 0 Å². The van der Waals surface area contributed by atoms with Gasteiger partial charge < -0.3 is 20.7 Å². The molecule has 1 rings (SSSR count). The Bertz CT molecular complexity index is 678. The quantitative estimate of drug-likeness (QED) is 0.0834. The van der Waals surface area contributed by atoms with E-state index in [1.807, 2.05) is 20.8 Å². The van der Waals surface area contributed by atoms with Crippen LogP contribution in [0.15, 0.2) is 12.2 Å². The third-order valence-electron chi connectivity index (χ3n) is 4.41. The van der Waals surface area contributed by atoms with Crippen LogP contribution in [-0.4, -0.2) is 66.4 Å². The third kappa shape index (κ3) is 15.3. The Kier molecular flexibility index (Phi) is 19.3.